The van der Waals surface area contributed by atoms with E-state index in [0.29, 0.717) is 24.9 Å². The molecule has 1 aromatic heterocycles. The third kappa shape index (κ3) is 2.17. The highest BCUT2D eigenvalue weighted by atomic mass is 19.1. The average Bonchev–Trinajstić information content (AvgIpc) is 2.83. The number of fused-ring (bicyclic) bond motifs is 1. The van der Waals surface area contributed by atoms with Crippen LogP contribution in [0.2, 0.25) is 0 Å². The molecule has 20 heavy (non-hydrogen) atoms. The van der Waals surface area contributed by atoms with Gasteiger partial charge < -0.3 is 15.5 Å². The molecule has 0 spiro atoms. The van der Waals surface area contributed by atoms with Crippen molar-refractivity contribution in [2.24, 2.45) is 5.92 Å². The number of anilines is 2. The summed E-state index contributed by atoms with van der Waals surface area (Å²) in [6, 6.07) is -0.00451. The van der Waals surface area contributed by atoms with Crippen molar-refractivity contribution in [2.45, 2.75) is 25.8 Å². The number of aromatic nitrogens is 2. The first kappa shape index (κ1) is 13.1. The zero-order valence-electron chi connectivity index (χ0n) is 11.4. The summed E-state index contributed by atoms with van der Waals surface area (Å²) < 4.78 is 14.0. The monoisotopic (exact) mass is 279 g/mol. The van der Waals surface area contributed by atoms with E-state index in [0.717, 1.165) is 19.4 Å². The Morgan fingerprint density at radius 3 is 3.25 bits per heavy atom. The Morgan fingerprint density at radius 2 is 2.45 bits per heavy atom. The topological polar surface area (TPSA) is 70.2 Å². The van der Waals surface area contributed by atoms with Crippen LogP contribution in [0.15, 0.2) is 6.20 Å². The van der Waals surface area contributed by atoms with Crippen LogP contribution in [-0.2, 0) is 4.79 Å². The first-order chi connectivity index (χ1) is 9.70. The molecule has 1 amide bonds. The highest BCUT2D eigenvalue weighted by molar-refractivity contribution is 5.83. The van der Waals surface area contributed by atoms with Crippen molar-refractivity contribution in [3.63, 3.8) is 0 Å². The van der Waals surface area contributed by atoms with E-state index in [1.165, 1.54) is 6.20 Å². The Kier molecular flexibility index (Phi) is 3.42. The average molecular weight is 279 g/mol. The molecule has 2 saturated heterocycles. The summed E-state index contributed by atoms with van der Waals surface area (Å²) >= 11 is 0. The molecule has 2 unspecified atom stereocenters. The van der Waals surface area contributed by atoms with Gasteiger partial charge in [0, 0.05) is 19.6 Å². The molecule has 2 atom stereocenters. The van der Waals surface area contributed by atoms with Gasteiger partial charge in [0.15, 0.2) is 11.6 Å². The van der Waals surface area contributed by atoms with Gasteiger partial charge in [-0.2, -0.15) is 4.98 Å². The zero-order valence-corrected chi connectivity index (χ0v) is 11.4. The smallest absolute Gasteiger partial charge is 0.225 e. The van der Waals surface area contributed by atoms with Crippen LogP contribution in [0.5, 0.6) is 0 Å². The molecule has 7 heteroatoms. The van der Waals surface area contributed by atoms with Gasteiger partial charge >= 0.3 is 0 Å². The lowest BCUT2D eigenvalue weighted by atomic mass is 9.91. The van der Waals surface area contributed by atoms with Crippen molar-refractivity contribution in [1.82, 2.24) is 15.3 Å². The standard InChI is InChI=1S/C13H18FN5O/c1-2-15-13-17-6-9(14)11(18-13)19-5-3-4-8-10(19)7-16-12(8)20/h6,8,10H,2-5,7H2,1H3,(H,16,20)(H,15,17,18). The second-order valence-corrected chi connectivity index (χ2v) is 5.15. The Bertz CT molecular complexity index is 523. The molecule has 0 aromatic carbocycles. The van der Waals surface area contributed by atoms with Crippen LogP contribution in [0.25, 0.3) is 0 Å². The number of halogens is 1. The fourth-order valence-electron chi connectivity index (χ4n) is 3.02. The van der Waals surface area contributed by atoms with E-state index in [9.17, 15) is 9.18 Å². The van der Waals surface area contributed by atoms with E-state index in [1.54, 1.807) is 0 Å². The normalized spacial score (nSPS) is 25.3. The number of nitrogens with zero attached hydrogens (tertiary/aromatic N) is 3. The molecule has 108 valence electrons. The Balaban J connectivity index is 1.91. The number of carbonyl (C=O) groups excluding carboxylic acids is 1. The maximum atomic E-state index is 14.0. The van der Waals surface area contributed by atoms with Crippen LogP contribution < -0.4 is 15.5 Å². The van der Waals surface area contributed by atoms with Crippen LogP contribution in [-0.4, -0.2) is 41.6 Å². The number of nitrogens with one attached hydrogen (secondary N) is 2. The van der Waals surface area contributed by atoms with Crippen LogP contribution in [0.1, 0.15) is 19.8 Å². The van der Waals surface area contributed by atoms with Gasteiger partial charge in [-0.05, 0) is 19.8 Å². The molecule has 0 bridgehead atoms. The van der Waals surface area contributed by atoms with Crippen LogP contribution in [0.4, 0.5) is 16.2 Å². The lowest BCUT2D eigenvalue weighted by Crippen LogP contribution is -2.46. The second-order valence-electron chi connectivity index (χ2n) is 5.15. The maximum Gasteiger partial charge on any atom is 0.225 e. The summed E-state index contributed by atoms with van der Waals surface area (Å²) in [4.78, 5) is 21.8. The fraction of sp³-hybridized carbons (Fsp3) is 0.615. The highest BCUT2D eigenvalue weighted by Crippen LogP contribution is 2.32. The third-order valence-corrected chi connectivity index (χ3v) is 3.93. The van der Waals surface area contributed by atoms with E-state index in [1.807, 2.05) is 11.8 Å². The largest absolute Gasteiger partial charge is 0.354 e. The van der Waals surface area contributed by atoms with Gasteiger partial charge in [-0.3, -0.25) is 4.79 Å². The minimum absolute atomic E-state index is 0.00451. The Morgan fingerprint density at radius 1 is 1.60 bits per heavy atom. The summed E-state index contributed by atoms with van der Waals surface area (Å²) in [6.45, 7) is 3.89. The van der Waals surface area contributed by atoms with Crippen molar-refractivity contribution >= 4 is 17.7 Å². The number of carbonyl (C=O) groups is 1. The molecule has 2 N–H and O–H groups in total. The SMILES string of the molecule is CCNc1ncc(F)c(N2CCCC3C(=O)NCC32)n1. The first-order valence-corrected chi connectivity index (χ1v) is 7.01. The second kappa shape index (κ2) is 5.22. The summed E-state index contributed by atoms with van der Waals surface area (Å²) in [5.74, 6) is 0.291. The van der Waals surface area contributed by atoms with E-state index in [4.69, 9.17) is 0 Å². The minimum atomic E-state index is -0.438. The quantitative estimate of drug-likeness (QED) is 0.855. The Labute approximate surface area is 116 Å². The number of amides is 1. The molecule has 0 saturated carbocycles. The molecular formula is C13H18FN5O. The Hall–Kier alpha value is -1.92. The molecule has 1 aromatic rings. The van der Waals surface area contributed by atoms with E-state index in [-0.39, 0.29) is 17.9 Å². The van der Waals surface area contributed by atoms with Gasteiger partial charge in [-0.25, -0.2) is 9.37 Å². The molecule has 6 nitrogen and oxygen atoms in total. The number of piperidine rings is 1. The maximum absolute atomic E-state index is 14.0. The number of hydrogen-bond donors (Lipinski definition) is 2. The molecule has 2 aliphatic rings. The summed E-state index contributed by atoms with van der Waals surface area (Å²) in [6.07, 6.45) is 2.92. The van der Waals surface area contributed by atoms with Crippen LogP contribution in [0.3, 0.4) is 0 Å². The van der Waals surface area contributed by atoms with Crippen LogP contribution >= 0.6 is 0 Å². The van der Waals surface area contributed by atoms with Crippen LogP contribution in [0, 0.1) is 11.7 Å². The van der Waals surface area contributed by atoms with Gasteiger partial charge in [0.1, 0.15) is 0 Å². The predicted octanol–water partition coefficient (Wildman–Crippen LogP) is 0.762. The van der Waals surface area contributed by atoms with Crippen molar-refractivity contribution in [1.29, 1.82) is 0 Å². The lowest BCUT2D eigenvalue weighted by Gasteiger charge is -2.36. The van der Waals surface area contributed by atoms with Crippen molar-refractivity contribution in [3.8, 4) is 0 Å². The molecule has 2 fully saturated rings. The molecule has 0 radical (unpaired) electrons. The summed E-state index contributed by atoms with van der Waals surface area (Å²) in [5.41, 5.74) is 0. The molecule has 3 rings (SSSR count). The van der Waals surface area contributed by atoms with Gasteiger partial charge in [0.2, 0.25) is 11.9 Å². The van der Waals surface area contributed by atoms with E-state index >= 15 is 0 Å². The molecule has 0 aliphatic carbocycles. The number of hydrogen-bond acceptors (Lipinski definition) is 5. The highest BCUT2D eigenvalue weighted by Gasteiger charge is 2.42. The zero-order chi connectivity index (χ0) is 14.1. The van der Waals surface area contributed by atoms with Gasteiger partial charge in [-0.15, -0.1) is 0 Å². The number of rotatable bonds is 3. The summed E-state index contributed by atoms with van der Waals surface area (Å²) in [7, 11) is 0. The molecular weight excluding hydrogens is 261 g/mol. The van der Waals surface area contributed by atoms with Crippen molar-refractivity contribution in [3.05, 3.63) is 12.0 Å². The van der Waals surface area contributed by atoms with Crippen molar-refractivity contribution in [2.75, 3.05) is 29.9 Å². The van der Waals surface area contributed by atoms with Gasteiger partial charge in [0.25, 0.3) is 0 Å². The lowest BCUT2D eigenvalue weighted by molar-refractivity contribution is -0.123. The molecule has 3 heterocycles. The predicted molar refractivity (Wildman–Crippen MR) is 73.0 cm³/mol. The van der Waals surface area contributed by atoms with Gasteiger partial charge in [0.05, 0.1) is 18.2 Å². The van der Waals surface area contributed by atoms with E-state index < -0.39 is 5.82 Å². The third-order valence-electron chi connectivity index (χ3n) is 3.93. The van der Waals surface area contributed by atoms with Gasteiger partial charge in [-0.1, -0.05) is 0 Å². The van der Waals surface area contributed by atoms with E-state index in [2.05, 4.69) is 20.6 Å². The molecule has 2 aliphatic heterocycles. The summed E-state index contributed by atoms with van der Waals surface area (Å²) in [5, 5.41) is 5.84. The minimum Gasteiger partial charge on any atom is -0.354 e. The fourth-order valence-corrected chi connectivity index (χ4v) is 3.02. The van der Waals surface area contributed by atoms with Crippen molar-refractivity contribution < 1.29 is 9.18 Å². The first-order valence-electron chi connectivity index (χ1n) is 7.01.